The van der Waals surface area contributed by atoms with Crippen LogP contribution in [0.3, 0.4) is 0 Å². The molecule has 36 heavy (non-hydrogen) atoms. The second-order valence-electron chi connectivity index (χ2n) is 8.48. The summed E-state index contributed by atoms with van der Waals surface area (Å²) in [4.78, 5) is 40.5. The number of rotatable bonds is 4. The van der Waals surface area contributed by atoms with Crippen molar-refractivity contribution in [3.63, 3.8) is 0 Å². The number of imidazole rings is 1. The molecule has 1 aromatic carbocycles. The Labute approximate surface area is 208 Å². The summed E-state index contributed by atoms with van der Waals surface area (Å²) in [5.74, 6) is 6.45. The van der Waals surface area contributed by atoms with Crippen molar-refractivity contribution in [1.82, 2.24) is 24.3 Å². The van der Waals surface area contributed by atoms with Gasteiger partial charge in [0.2, 0.25) is 0 Å². The maximum absolute atomic E-state index is 12.7. The van der Waals surface area contributed by atoms with Gasteiger partial charge in [-0.25, -0.2) is 15.0 Å². The van der Waals surface area contributed by atoms with Crippen molar-refractivity contribution >= 4 is 29.0 Å². The van der Waals surface area contributed by atoms with E-state index < -0.39 is 0 Å². The highest BCUT2D eigenvalue weighted by atomic mass is 16.2. The zero-order chi connectivity index (χ0) is 25.1. The number of hydrogen-bond acceptors (Lipinski definition) is 6. The van der Waals surface area contributed by atoms with Gasteiger partial charge in [-0.3, -0.25) is 14.0 Å². The second-order valence-corrected chi connectivity index (χ2v) is 8.48. The highest BCUT2D eigenvalue weighted by Gasteiger charge is 2.32. The Bertz CT molecular complexity index is 1480. The molecule has 1 saturated heterocycles. The number of nitrogens with zero attached hydrogens (tertiary/aromatic N) is 5. The van der Waals surface area contributed by atoms with Crippen molar-refractivity contribution in [2.24, 2.45) is 0 Å². The average Bonchev–Trinajstić information content (AvgIpc) is 3.30. The van der Waals surface area contributed by atoms with Gasteiger partial charge in [-0.1, -0.05) is 24.1 Å². The minimum Gasteiger partial charge on any atom is -0.382 e. The Morgan fingerprint density at radius 3 is 2.67 bits per heavy atom. The molecule has 180 valence electrons. The first-order chi connectivity index (χ1) is 17.6. The van der Waals surface area contributed by atoms with Crippen molar-refractivity contribution in [2.75, 3.05) is 17.6 Å². The molecule has 1 fully saturated rings. The van der Waals surface area contributed by atoms with Gasteiger partial charge in [0.1, 0.15) is 28.7 Å². The zero-order valence-electron chi connectivity index (χ0n) is 19.8. The molecule has 1 atom stereocenters. The highest BCUT2D eigenvalue weighted by molar-refractivity contribution is 6.04. The van der Waals surface area contributed by atoms with Crippen LogP contribution in [0, 0.1) is 11.8 Å². The Balaban J connectivity index is 1.52. The lowest BCUT2D eigenvalue weighted by Gasteiger charge is -2.33. The van der Waals surface area contributed by atoms with Crippen LogP contribution in [0.25, 0.3) is 16.8 Å². The third-order valence-electron chi connectivity index (χ3n) is 6.23. The van der Waals surface area contributed by atoms with Gasteiger partial charge >= 0.3 is 0 Å². The fraction of sp³-hybridized carbons (Fsp3) is 0.222. The number of amides is 2. The number of piperidine rings is 1. The van der Waals surface area contributed by atoms with Crippen LogP contribution in [-0.4, -0.2) is 42.6 Å². The summed E-state index contributed by atoms with van der Waals surface area (Å²) in [6, 6.07) is 12.2. The molecule has 4 heterocycles. The van der Waals surface area contributed by atoms with Crippen LogP contribution >= 0.6 is 0 Å². The number of carbonyl (C=O) groups is 2. The number of nitrogen functional groups attached to an aromatic ring is 1. The highest BCUT2D eigenvalue weighted by Crippen LogP contribution is 2.35. The lowest BCUT2D eigenvalue weighted by atomic mass is 10.0. The molecule has 9 heteroatoms. The Morgan fingerprint density at radius 2 is 1.92 bits per heavy atom. The molecule has 0 spiro atoms. The van der Waals surface area contributed by atoms with E-state index in [4.69, 9.17) is 10.7 Å². The molecular formula is C27H25N7O2. The number of pyridine rings is 1. The van der Waals surface area contributed by atoms with Gasteiger partial charge in [-0.2, -0.15) is 0 Å². The van der Waals surface area contributed by atoms with Gasteiger partial charge in [0.05, 0.1) is 6.04 Å². The summed E-state index contributed by atoms with van der Waals surface area (Å²) in [5.41, 5.74) is 8.88. The smallest absolute Gasteiger partial charge is 0.299 e. The zero-order valence-corrected chi connectivity index (χ0v) is 19.8. The van der Waals surface area contributed by atoms with E-state index in [1.54, 1.807) is 54.5 Å². The summed E-state index contributed by atoms with van der Waals surface area (Å²) in [6.45, 7) is 2.29. The number of likely N-dealkylation sites (tertiary alicyclic amines) is 1. The number of nitrogens with two attached hydrogens (primary N) is 1. The average molecular weight is 480 g/mol. The summed E-state index contributed by atoms with van der Waals surface area (Å²) in [7, 11) is 0. The minimum absolute atomic E-state index is 0.203. The fourth-order valence-electron chi connectivity index (χ4n) is 4.55. The number of carbonyl (C=O) groups excluding carboxylic acids is 2. The summed E-state index contributed by atoms with van der Waals surface area (Å²) in [6.07, 6.45) is 7.76. The van der Waals surface area contributed by atoms with Crippen molar-refractivity contribution in [1.29, 1.82) is 0 Å². The van der Waals surface area contributed by atoms with Gasteiger partial charge in [-0.15, -0.1) is 0 Å². The molecule has 2 amide bonds. The van der Waals surface area contributed by atoms with E-state index in [1.165, 1.54) is 0 Å². The number of benzene rings is 1. The largest absolute Gasteiger partial charge is 0.382 e. The van der Waals surface area contributed by atoms with Gasteiger partial charge < -0.3 is 16.0 Å². The molecular weight excluding hydrogens is 454 g/mol. The van der Waals surface area contributed by atoms with E-state index in [2.05, 4.69) is 27.1 Å². The summed E-state index contributed by atoms with van der Waals surface area (Å²) >= 11 is 0. The molecule has 4 aromatic rings. The molecule has 1 unspecified atom stereocenters. The maximum Gasteiger partial charge on any atom is 0.299 e. The molecule has 0 bridgehead atoms. The van der Waals surface area contributed by atoms with E-state index >= 15 is 0 Å². The first-order valence-corrected chi connectivity index (χ1v) is 11.8. The van der Waals surface area contributed by atoms with Crippen LogP contribution < -0.4 is 11.1 Å². The monoisotopic (exact) mass is 479 g/mol. The lowest BCUT2D eigenvalue weighted by molar-refractivity contribution is -0.129. The van der Waals surface area contributed by atoms with E-state index in [1.807, 2.05) is 22.7 Å². The second kappa shape index (κ2) is 9.88. The number of fused-ring (bicyclic) bond motifs is 1. The number of anilines is 2. The third kappa shape index (κ3) is 4.36. The first kappa shape index (κ1) is 23.1. The molecule has 5 rings (SSSR count). The molecule has 1 aliphatic rings. The van der Waals surface area contributed by atoms with Gasteiger partial charge in [0.15, 0.2) is 0 Å². The van der Waals surface area contributed by atoms with E-state index in [-0.39, 0.29) is 17.9 Å². The normalized spacial score (nSPS) is 15.2. The van der Waals surface area contributed by atoms with Crippen LogP contribution in [-0.2, 0) is 4.79 Å². The molecule has 3 N–H and O–H groups in total. The number of nitrogens with one attached hydrogen (secondary N) is 1. The van der Waals surface area contributed by atoms with Crippen molar-refractivity contribution in [3.8, 4) is 23.1 Å². The molecule has 1 aliphatic heterocycles. The van der Waals surface area contributed by atoms with Crippen molar-refractivity contribution < 1.29 is 9.59 Å². The SMILES string of the molecule is CC#CC(=O)N1CCCCC1c1nc(-c2ccc(C(=O)Nc3ccccn3)cc2)c2c(N)nccn12. The standard InChI is InChI=1S/C27H25N7O2/c1-2-7-22(35)33-16-6-4-8-20(33)26-32-23(24-25(28)30-15-17-34(24)26)18-10-12-19(13-11-18)27(36)31-21-9-3-5-14-29-21/h3,5,9-15,17,20H,4,6,8,16H2,1H3,(H2,28,30)(H,29,31,36). The molecule has 0 aliphatic carbocycles. The van der Waals surface area contributed by atoms with Crippen LogP contribution in [0.1, 0.15) is 48.4 Å². The summed E-state index contributed by atoms with van der Waals surface area (Å²) in [5, 5.41) is 2.78. The quantitative estimate of drug-likeness (QED) is 0.431. The number of hydrogen-bond donors (Lipinski definition) is 2. The maximum atomic E-state index is 12.7. The van der Waals surface area contributed by atoms with Gasteiger partial charge in [0, 0.05) is 36.3 Å². The van der Waals surface area contributed by atoms with E-state index in [0.29, 0.717) is 35.0 Å². The van der Waals surface area contributed by atoms with Crippen molar-refractivity contribution in [2.45, 2.75) is 32.2 Å². The molecule has 0 saturated carbocycles. The van der Waals surface area contributed by atoms with Crippen LogP contribution in [0.4, 0.5) is 11.6 Å². The van der Waals surface area contributed by atoms with Crippen LogP contribution in [0.5, 0.6) is 0 Å². The van der Waals surface area contributed by atoms with Crippen LogP contribution in [0.15, 0.2) is 61.1 Å². The van der Waals surface area contributed by atoms with E-state index in [9.17, 15) is 9.59 Å². The van der Waals surface area contributed by atoms with Gasteiger partial charge in [0.25, 0.3) is 11.8 Å². The predicted octanol–water partition coefficient (Wildman–Crippen LogP) is 3.70. The third-order valence-corrected chi connectivity index (χ3v) is 6.23. The number of aromatic nitrogens is 4. The Morgan fingerprint density at radius 1 is 1.08 bits per heavy atom. The minimum atomic E-state index is -0.259. The van der Waals surface area contributed by atoms with Crippen molar-refractivity contribution in [3.05, 3.63) is 72.4 Å². The van der Waals surface area contributed by atoms with Gasteiger partial charge in [-0.05, 0) is 56.4 Å². The lowest BCUT2D eigenvalue weighted by Crippen LogP contribution is -2.38. The fourth-order valence-corrected chi connectivity index (χ4v) is 4.55. The molecule has 3 aromatic heterocycles. The topological polar surface area (TPSA) is 119 Å². The Hall–Kier alpha value is -4.71. The first-order valence-electron chi connectivity index (χ1n) is 11.8. The summed E-state index contributed by atoms with van der Waals surface area (Å²) < 4.78 is 1.91. The van der Waals surface area contributed by atoms with Crippen LogP contribution in [0.2, 0.25) is 0 Å². The predicted molar refractivity (Wildman–Crippen MR) is 137 cm³/mol. The Kier molecular flexibility index (Phi) is 6.33. The molecule has 0 radical (unpaired) electrons. The van der Waals surface area contributed by atoms with E-state index in [0.717, 1.165) is 30.7 Å². The molecule has 9 nitrogen and oxygen atoms in total.